The SMILES string of the molecule is c1ccc(-c2ccc(N(c3ccc4sc5c(-c6ccccc6)cccc5c4c3)c3ccc4c(c3)c3ccccc3c3cc5c(cc43)oc3ccc(N(c4ccc(-c6ccccc6)cc4)c4cccc6c4sc4c(-c7ccccc7)cccc46)cc35)cc2)cc1. The van der Waals surface area contributed by atoms with Crippen LogP contribution < -0.4 is 9.80 Å². The van der Waals surface area contributed by atoms with E-state index in [-0.39, 0.29) is 0 Å². The minimum atomic E-state index is 0.850. The molecule has 0 fully saturated rings. The Morgan fingerprint density at radius 2 is 0.618 bits per heavy atom. The molecule has 18 rings (SSSR count). The maximum absolute atomic E-state index is 6.98. The third-order valence-electron chi connectivity index (χ3n) is 18.0. The molecule has 5 heteroatoms. The summed E-state index contributed by atoms with van der Waals surface area (Å²) in [6, 6.07) is 116. The van der Waals surface area contributed by atoms with Gasteiger partial charge < -0.3 is 14.2 Å². The van der Waals surface area contributed by atoms with Gasteiger partial charge in [-0.05, 0) is 168 Å². The third-order valence-corrected chi connectivity index (χ3v) is 20.5. The van der Waals surface area contributed by atoms with Gasteiger partial charge in [-0.25, -0.2) is 0 Å². The molecule has 18 aromatic rings. The van der Waals surface area contributed by atoms with Crippen molar-refractivity contribution in [3.8, 4) is 44.5 Å². The van der Waals surface area contributed by atoms with Crippen molar-refractivity contribution in [2.75, 3.05) is 9.80 Å². The van der Waals surface area contributed by atoms with Crippen LogP contribution in [0.15, 0.2) is 320 Å². The summed E-state index contributed by atoms with van der Waals surface area (Å²) in [6.07, 6.45) is 0. The quantitative estimate of drug-likeness (QED) is 0.127. The van der Waals surface area contributed by atoms with Gasteiger partial charge in [0.05, 0.1) is 10.4 Å². The Morgan fingerprint density at radius 3 is 1.24 bits per heavy atom. The van der Waals surface area contributed by atoms with Crippen LogP contribution in [0.3, 0.4) is 0 Å². The fraction of sp³-hybridized carbons (Fsp3) is 0. The van der Waals surface area contributed by atoms with Crippen molar-refractivity contribution >= 4 is 151 Å². The molecule has 0 spiro atoms. The second-order valence-corrected chi connectivity index (χ2v) is 25.2. The van der Waals surface area contributed by atoms with Crippen molar-refractivity contribution in [2.24, 2.45) is 0 Å². The number of hydrogen-bond donors (Lipinski definition) is 0. The second kappa shape index (κ2) is 20.8. The van der Waals surface area contributed by atoms with Gasteiger partial charge in [-0.15, -0.1) is 22.7 Å². The number of thiophene rings is 2. The third kappa shape index (κ3) is 8.53. The molecule has 0 aliphatic rings. The van der Waals surface area contributed by atoms with Gasteiger partial charge in [-0.1, -0.05) is 224 Å². The first-order valence-corrected chi connectivity index (χ1v) is 31.9. The first kappa shape index (κ1) is 51.2. The van der Waals surface area contributed by atoms with Gasteiger partial charge in [0.15, 0.2) is 0 Å². The van der Waals surface area contributed by atoms with E-state index in [1.165, 1.54) is 112 Å². The number of hydrogen-bond acceptors (Lipinski definition) is 5. The predicted molar refractivity (Wildman–Crippen MR) is 383 cm³/mol. The lowest BCUT2D eigenvalue weighted by molar-refractivity contribution is 0.669. The number of fused-ring (bicyclic) bond motifs is 15. The largest absolute Gasteiger partial charge is 0.456 e. The van der Waals surface area contributed by atoms with Crippen LogP contribution in [0.4, 0.5) is 34.1 Å². The zero-order chi connectivity index (χ0) is 58.5. The van der Waals surface area contributed by atoms with E-state index in [0.29, 0.717) is 0 Å². The van der Waals surface area contributed by atoms with Gasteiger partial charge in [0.1, 0.15) is 11.2 Å². The van der Waals surface area contributed by atoms with Crippen LogP contribution in [-0.2, 0) is 0 Å². The van der Waals surface area contributed by atoms with Crippen LogP contribution in [0.25, 0.3) is 139 Å². The number of furan rings is 1. The highest BCUT2D eigenvalue weighted by molar-refractivity contribution is 7.27. The normalized spacial score (nSPS) is 11.8. The van der Waals surface area contributed by atoms with Gasteiger partial charge >= 0.3 is 0 Å². The fourth-order valence-corrected chi connectivity index (χ4v) is 16.4. The maximum Gasteiger partial charge on any atom is 0.136 e. The monoisotopic (exact) mass is 1170 g/mol. The minimum Gasteiger partial charge on any atom is -0.456 e. The molecule has 0 saturated heterocycles. The Kier molecular flexibility index (Phi) is 12.0. The summed E-state index contributed by atoms with van der Waals surface area (Å²) in [7, 11) is 0. The highest BCUT2D eigenvalue weighted by Crippen LogP contribution is 2.50. The topological polar surface area (TPSA) is 19.6 Å². The van der Waals surface area contributed by atoms with Crippen molar-refractivity contribution in [3.63, 3.8) is 0 Å². The van der Waals surface area contributed by atoms with Crippen molar-refractivity contribution in [1.82, 2.24) is 0 Å². The zero-order valence-electron chi connectivity index (χ0n) is 48.1. The zero-order valence-corrected chi connectivity index (χ0v) is 49.8. The molecule has 0 unspecified atom stereocenters. The van der Waals surface area contributed by atoms with Gasteiger partial charge in [0.2, 0.25) is 0 Å². The molecule has 3 heterocycles. The lowest BCUT2D eigenvalue weighted by atomic mass is 9.92. The molecular weight excluding hydrogens is 1120 g/mol. The molecule has 3 aromatic heterocycles. The summed E-state index contributed by atoms with van der Waals surface area (Å²) < 4.78 is 12.1. The molecule has 3 nitrogen and oxygen atoms in total. The van der Waals surface area contributed by atoms with Crippen LogP contribution >= 0.6 is 22.7 Å². The average Bonchev–Trinajstić information content (AvgIpc) is 2.08. The highest BCUT2D eigenvalue weighted by atomic mass is 32.1. The summed E-state index contributed by atoms with van der Waals surface area (Å²) in [5.74, 6) is 0. The van der Waals surface area contributed by atoms with Gasteiger partial charge in [-0.3, -0.25) is 0 Å². The first-order chi connectivity index (χ1) is 44.1. The molecular formula is C84H52N2OS2. The predicted octanol–water partition coefficient (Wildman–Crippen LogP) is 25.4. The number of anilines is 6. The van der Waals surface area contributed by atoms with Crippen LogP contribution in [0.5, 0.6) is 0 Å². The summed E-state index contributed by atoms with van der Waals surface area (Å²) in [5, 5.41) is 14.3. The first-order valence-electron chi connectivity index (χ1n) is 30.3. The fourth-order valence-electron chi connectivity index (χ4n) is 13.8. The molecule has 416 valence electrons. The van der Waals surface area contributed by atoms with Crippen LogP contribution in [0, 0.1) is 0 Å². The van der Waals surface area contributed by atoms with Crippen LogP contribution in [0.1, 0.15) is 0 Å². The van der Waals surface area contributed by atoms with Crippen molar-refractivity contribution < 1.29 is 4.42 Å². The maximum atomic E-state index is 6.98. The Bertz CT molecular complexity index is 5780. The molecule has 0 bridgehead atoms. The lowest BCUT2D eigenvalue weighted by Crippen LogP contribution is -2.10. The smallest absolute Gasteiger partial charge is 0.136 e. The van der Waals surface area contributed by atoms with Gasteiger partial charge in [0.25, 0.3) is 0 Å². The van der Waals surface area contributed by atoms with Crippen molar-refractivity contribution in [2.45, 2.75) is 0 Å². The van der Waals surface area contributed by atoms with E-state index in [9.17, 15) is 0 Å². The molecule has 0 radical (unpaired) electrons. The summed E-state index contributed by atoms with van der Waals surface area (Å²) in [6.45, 7) is 0. The van der Waals surface area contributed by atoms with E-state index in [1.807, 2.05) is 22.7 Å². The molecule has 0 atom stereocenters. The van der Waals surface area contributed by atoms with E-state index < -0.39 is 0 Å². The van der Waals surface area contributed by atoms with Crippen LogP contribution in [-0.4, -0.2) is 0 Å². The number of benzene rings is 15. The van der Waals surface area contributed by atoms with Crippen molar-refractivity contribution in [3.05, 3.63) is 315 Å². The second-order valence-electron chi connectivity index (χ2n) is 23.1. The lowest BCUT2D eigenvalue weighted by Gasteiger charge is -2.26. The number of rotatable bonds is 10. The molecule has 0 amide bonds. The number of nitrogens with zero attached hydrogens (tertiary/aromatic N) is 2. The van der Waals surface area contributed by atoms with E-state index in [4.69, 9.17) is 4.42 Å². The van der Waals surface area contributed by atoms with E-state index in [1.54, 1.807) is 0 Å². The highest BCUT2D eigenvalue weighted by Gasteiger charge is 2.24. The van der Waals surface area contributed by atoms with Crippen molar-refractivity contribution in [1.29, 1.82) is 0 Å². The molecule has 0 aliphatic carbocycles. The van der Waals surface area contributed by atoms with Gasteiger partial charge in [-0.2, -0.15) is 0 Å². The Balaban J connectivity index is 0.796. The van der Waals surface area contributed by atoms with Gasteiger partial charge in [0, 0.05) is 74.9 Å². The molecule has 89 heavy (non-hydrogen) atoms. The minimum absolute atomic E-state index is 0.850. The Hall–Kier alpha value is -11.1. The van der Waals surface area contributed by atoms with E-state index in [2.05, 4.69) is 325 Å². The van der Waals surface area contributed by atoms with E-state index in [0.717, 1.165) is 61.4 Å². The average molecular weight is 1170 g/mol. The van der Waals surface area contributed by atoms with E-state index >= 15 is 0 Å². The molecule has 15 aromatic carbocycles. The van der Waals surface area contributed by atoms with Crippen LogP contribution in [0.2, 0.25) is 0 Å². The summed E-state index contributed by atoms with van der Waals surface area (Å²) in [4.78, 5) is 4.87. The Labute approximate surface area is 522 Å². The Morgan fingerprint density at radius 1 is 0.213 bits per heavy atom. The molecule has 0 N–H and O–H groups in total. The summed E-state index contributed by atoms with van der Waals surface area (Å²) in [5.41, 5.74) is 17.9. The molecule has 0 aliphatic heterocycles. The summed E-state index contributed by atoms with van der Waals surface area (Å²) >= 11 is 3.75. The standard InChI is InChI=1S/C84H52N2OS2/c1-5-18-53(19-6-1)55-34-38-59(39-35-55)85(62-44-47-81-77(50-62)71-31-16-28-64(82(71)88-81)57-22-9-3-10-23-57)61-42-45-68-72(48-61)66-26-13-14-27-67(66)73-51-76-75-49-63(43-46-79(75)87-80(76)52-74(68)73)86(60-40-36-56(37-41-60)54-20-7-2-8-21-54)78-33-17-32-70-69-30-15-29-65(83(69)89-84(70)78)58-24-11-4-12-25-58/h1-52H. The molecule has 0 saturated carbocycles.